The fourth-order valence-corrected chi connectivity index (χ4v) is 4.89. The summed E-state index contributed by atoms with van der Waals surface area (Å²) in [5, 5.41) is 4.89. The van der Waals surface area contributed by atoms with Crippen molar-refractivity contribution in [3.05, 3.63) is 51.8 Å². The Hall–Kier alpha value is -1.85. The topological polar surface area (TPSA) is 52.0 Å². The zero-order valence-corrected chi connectivity index (χ0v) is 15.4. The SMILES string of the molecule is Cc1ccn(C2=C(C(=O)c3ccc4c(c3Cl)CCS4)C(=O)CCC2)n1. The lowest BCUT2D eigenvalue weighted by Gasteiger charge is -2.19. The molecule has 0 N–H and O–H groups in total. The van der Waals surface area contributed by atoms with Gasteiger partial charge in [-0.05, 0) is 49.9 Å². The molecule has 4 nitrogen and oxygen atoms in total. The van der Waals surface area contributed by atoms with Crippen LogP contribution in [0.4, 0.5) is 0 Å². The predicted octanol–water partition coefficient (Wildman–Crippen LogP) is 4.34. The first kappa shape index (κ1) is 16.6. The van der Waals surface area contributed by atoms with Gasteiger partial charge >= 0.3 is 0 Å². The summed E-state index contributed by atoms with van der Waals surface area (Å²) >= 11 is 8.27. The summed E-state index contributed by atoms with van der Waals surface area (Å²) in [6.45, 7) is 1.89. The van der Waals surface area contributed by atoms with Crippen LogP contribution in [-0.4, -0.2) is 27.1 Å². The molecule has 0 atom stereocenters. The van der Waals surface area contributed by atoms with Crippen LogP contribution in [0.25, 0.3) is 5.70 Å². The lowest BCUT2D eigenvalue weighted by Crippen LogP contribution is -2.22. The van der Waals surface area contributed by atoms with Crippen molar-refractivity contribution >= 4 is 40.6 Å². The predicted molar refractivity (Wildman–Crippen MR) is 99.2 cm³/mol. The molecule has 0 saturated heterocycles. The third kappa shape index (κ3) is 2.85. The van der Waals surface area contributed by atoms with Crippen molar-refractivity contribution in [1.82, 2.24) is 9.78 Å². The van der Waals surface area contributed by atoms with Crippen molar-refractivity contribution in [3.63, 3.8) is 0 Å². The fraction of sp³-hybridized carbons (Fsp3) is 0.316. The van der Waals surface area contributed by atoms with Crippen molar-refractivity contribution in [1.29, 1.82) is 0 Å². The third-order valence-electron chi connectivity index (χ3n) is 4.67. The average Bonchev–Trinajstić information content (AvgIpc) is 3.23. The van der Waals surface area contributed by atoms with Gasteiger partial charge in [-0.15, -0.1) is 11.8 Å². The number of halogens is 1. The summed E-state index contributed by atoms with van der Waals surface area (Å²) in [7, 11) is 0. The van der Waals surface area contributed by atoms with E-state index in [0.29, 0.717) is 29.1 Å². The van der Waals surface area contributed by atoms with Crippen LogP contribution >= 0.6 is 23.4 Å². The quantitative estimate of drug-likeness (QED) is 0.594. The van der Waals surface area contributed by atoms with Crippen LogP contribution in [0.5, 0.6) is 0 Å². The van der Waals surface area contributed by atoms with Gasteiger partial charge < -0.3 is 0 Å². The highest BCUT2D eigenvalue weighted by Gasteiger charge is 2.31. The highest BCUT2D eigenvalue weighted by molar-refractivity contribution is 7.99. The van der Waals surface area contributed by atoms with Gasteiger partial charge in [-0.25, -0.2) is 4.68 Å². The first-order valence-corrected chi connectivity index (χ1v) is 9.70. The Balaban J connectivity index is 1.84. The van der Waals surface area contributed by atoms with E-state index in [4.69, 9.17) is 11.6 Å². The Bertz CT molecular complexity index is 930. The first-order chi connectivity index (χ1) is 12.1. The number of carbonyl (C=O) groups is 2. The molecule has 0 radical (unpaired) electrons. The van der Waals surface area contributed by atoms with Gasteiger partial charge in [-0.1, -0.05) is 11.6 Å². The van der Waals surface area contributed by atoms with E-state index in [9.17, 15) is 9.59 Å². The van der Waals surface area contributed by atoms with Crippen LogP contribution in [0, 0.1) is 6.92 Å². The summed E-state index contributed by atoms with van der Waals surface area (Å²) in [4.78, 5) is 26.9. The summed E-state index contributed by atoms with van der Waals surface area (Å²) < 4.78 is 1.66. The second-order valence-electron chi connectivity index (χ2n) is 6.33. The Morgan fingerprint density at radius 1 is 1.24 bits per heavy atom. The van der Waals surface area contributed by atoms with E-state index in [1.54, 1.807) is 28.7 Å². The molecule has 0 amide bonds. The minimum Gasteiger partial charge on any atom is -0.294 e. The van der Waals surface area contributed by atoms with Crippen molar-refractivity contribution in [2.75, 3.05) is 5.75 Å². The van der Waals surface area contributed by atoms with E-state index in [1.165, 1.54) is 0 Å². The molecule has 1 aliphatic heterocycles. The summed E-state index contributed by atoms with van der Waals surface area (Å²) in [6, 6.07) is 5.56. The Kier molecular flexibility index (Phi) is 4.29. The number of hydrogen-bond acceptors (Lipinski definition) is 4. The van der Waals surface area contributed by atoms with E-state index >= 15 is 0 Å². The fourth-order valence-electron chi connectivity index (χ4n) is 3.42. The van der Waals surface area contributed by atoms with Gasteiger partial charge in [0.2, 0.25) is 0 Å². The maximum atomic E-state index is 13.2. The number of aryl methyl sites for hydroxylation is 1. The number of fused-ring (bicyclic) bond motifs is 1. The number of rotatable bonds is 3. The number of Topliss-reactive ketones (excluding diaryl/α,β-unsaturated/α-hetero) is 2. The molecule has 2 aliphatic rings. The molecule has 0 bridgehead atoms. The van der Waals surface area contributed by atoms with Crippen LogP contribution in [-0.2, 0) is 11.2 Å². The molecular weight excluding hydrogens is 356 g/mol. The lowest BCUT2D eigenvalue weighted by atomic mass is 9.88. The van der Waals surface area contributed by atoms with Crippen molar-refractivity contribution in [3.8, 4) is 0 Å². The molecule has 0 saturated carbocycles. The van der Waals surface area contributed by atoms with Crippen LogP contribution < -0.4 is 0 Å². The maximum absolute atomic E-state index is 13.2. The summed E-state index contributed by atoms with van der Waals surface area (Å²) in [6.07, 6.45) is 4.45. The summed E-state index contributed by atoms with van der Waals surface area (Å²) in [5.41, 5.74) is 3.22. The van der Waals surface area contributed by atoms with E-state index < -0.39 is 0 Å². The van der Waals surface area contributed by atoms with Gasteiger partial charge in [0.15, 0.2) is 11.6 Å². The van der Waals surface area contributed by atoms with Crippen LogP contribution in [0.2, 0.25) is 5.02 Å². The van der Waals surface area contributed by atoms with Crippen LogP contribution in [0.3, 0.4) is 0 Å². The van der Waals surface area contributed by atoms with E-state index in [2.05, 4.69) is 5.10 Å². The molecule has 1 aliphatic carbocycles. The van der Waals surface area contributed by atoms with Crippen molar-refractivity contribution in [2.24, 2.45) is 0 Å². The number of allylic oxidation sites excluding steroid dienone is 2. The number of nitrogens with zero attached hydrogens (tertiary/aromatic N) is 2. The number of ketones is 2. The molecule has 1 aromatic carbocycles. The van der Waals surface area contributed by atoms with E-state index in [-0.39, 0.29) is 17.1 Å². The molecule has 2 aromatic rings. The molecule has 0 fully saturated rings. The first-order valence-electron chi connectivity index (χ1n) is 8.34. The monoisotopic (exact) mass is 372 g/mol. The molecule has 0 spiro atoms. The maximum Gasteiger partial charge on any atom is 0.199 e. The van der Waals surface area contributed by atoms with E-state index in [0.717, 1.165) is 34.7 Å². The van der Waals surface area contributed by atoms with E-state index in [1.807, 2.05) is 19.1 Å². The van der Waals surface area contributed by atoms with Crippen molar-refractivity contribution < 1.29 is 9.59 Å². The van der Waals surface area contributed by atoms with Crippen LogP contribution in [0.1, 0.15) is 40.9 Å². The lowest BCUT2D eigenvalue weighted by molar-refractivity contribution is -0.115. The Morgan fingerprint density at radius 2 is 2.08 bits per heavy atom. The number of hydrogen-bond donors (Lipinski definition) is 0. The Labute approximate surface area is 155 Å². The molecule has 128 valence electrons. The summed E-state index contributed by atoms with van der Waals surface area (Å²) in [5.74, 6) is 0.578. The van der Waals surface area contributed by atoms with Crippen LogP contribution in [0.15, 0.2) is 34.9 Å². The molecule has 0 unspecified atom stereocenters. The van der Waals surface area contributed by atoms with Gasteiger partial charge in [0.25, 0.3) is 0 Å². The van der Waals surface area contributed by atoms with Crippen molar-refractivity contribution in [2.45, 2.75) is 37.5 Å². The Morgan fingerprint density at radius 3 is 2.84 bits per heavy atom. The smallest absolute Gasteiger partial charge is 0.199 e. The number of thioether (sulfide) groups is 1. The molecule has 2 heterocycles. The number of benzene rings is 1. The highest BCUT2D eigenvalue weighted by atomic mass is 35.5. The largest absolute Gasteiger partial charge is 0.294 e. The van der Waals surface area contributed by atoms with Gasteiger partial charge in [0.1, 0.15) is 0 Å². The number of aromatic nitrogens is 2. The second-order valence-corrected chi connectivity index (χ2v) is 7.85. The zero-order valence-electron chi connectivity index (χ0n) is 13.8. The molecule has 1 aromatic heterocycles. The molecule has 6 heteroatoms. The van der Waals surface area contributed by atoms with Gasteiger partial charge in [0.05, 0.1) is 22.0 Å². The molecule has 4 rings (SSSR count). The van der Waals surface area contributed by atoms with Gasteiger partial charge in [-0.3, -0.25) is 9.59 Å². The zero-order chi connectivity index (χ0) is 17.6. The number of carbonyl (C=O) groups excluding carboxylic acids is 2. The van der Waals surface area contributed by atoms with Gasteiger partial charge in [0, 0.05) is 28.8 Å². The average molecular weight is 373 g/mol. The minimum atomic E-state index is -0.280. The minimum absolute atomic E-state index is 0.120. The standard InChI is InChI=1S/C19H17ClN2O2S/c1-11-7-9-22(21-11)14-3-2-4-15(23)17(14)19(24)13-5-6-16-12(18(13)20)8-10-25-16/h5-7,9H,2-4,8,10H2,1H3. The third-order valence-corrected chi connectivity index (χ3v) is 6.20. The second kappa shape index (κ2) is 6.46. The van der Waals surface area contributed by atoms with Gasteiger partial charge in [-0.2, -0.15) is 5.10 Å². The highest BCUT2D eigenvalue weighted by Crippen LogP contribution is 2.39. The molecular formula is C19H17ClN2O2S. The normalized spacial score (nSPS) is 17.1. The molecule has 25 heavy (non-hydrogen) atoms.